The summed E-state index contributed by atoms with van der Waals surface area (Å²) in [7, 11) is 0. The molecule has 0 amide bonds. The van der Waals surface area contributed by atoms with E-state index in [-0.39, 0.29) is 58.8 Å². The van der Waals surface area contributed by atoms with E-state index in [0.29, 0.717) is 12.1 Å². The van der Waals surface area contributed by atoms with Crippen molar-refractivity contribution in [1.29, 1.82) is 0 Å². The largest absolute Gasteiger partial charge is 1.00 e. The van der Waals surface area contributed by atoms with E-state index >= 15 is 0 Å². The third-order valence-electron chi connectivity index (χ3n) is 2.27. The SMILES string of the molecule is [CH2-]CCN1C(C)COCC1C.[CH3-].[K+]. The molecule has 74 valence electrons. The standard InChI is InChI=1S/C9H18NO.CH3.K/c1-4-5-10-8(2)6-11-7-9(10)3;;/h8-9H,1,4-7H2,2-3H3;1H3;/q2*-1;+1. The monoisotopic (exact) mass is 210 g/mol. The molecule has 1 aliphatic heterocycles. The quantitative estimate of drug-likeness (QED) is 0.418. The second-order valence-corrected chi connectivity index (χ2v) is 3.33. The van der Waals surface area contributed by atoms with Gasteiger partial charge in [-0.25, -0.2) is 0 Å². The van der Waals surface area contributed by atoms with Gasteiger partial charge in [-0.15, -0.1) is 0 Å². The first kappa shape index (κ1) is 17.0. The number of nitrogens with zero attached hydrogens (tertiary/aromatic N) is 1. The van der Waals surface area contributed by atoms with Gasteiger partial charge in [-0.05, 0) is 20.4 Å². The van der Waals surface area contributed by atoms with Gasteiger partial charge in [0.05, 0.1) is 13.2 Å². The molecule has 13 heavy (non-hydrogen) atoms. The molecule has 2 unspecified atom stereocenters. The molecule has 1 fully saturated rings. The Morgan fingerprint density at radius 3 is 2.15 bits per heavy atom. The molecule has 0 radical (unpaired) electrons. The van der Waals surface area contributed by atoms with Crippen LogP contribution in [0.1, 0.15) is 20.3 Å². The molecule has 0 aliphatic carbocycles. The van der Waals surface area contributed by atoms with Gasteiger partial charge in [-0.2, -0.15) is 6.42 Å². The van der Waals surface area contributed by atoms with Crippen LogP contribution in [0.3, 0.4) is 0 Å². The summed E-state index contributed by atoms with van der Waals surface area (Å²) in [5, 5.41) is 0. The van der Waals surface area contributed by atoms with Crippen molar-refractivity contribution in [1.82, 2.24) is 4.90 Å². The van der Waals surface area contributed by atoms with Crippen LogP contribution in [0.2, 0.25) is 0 Å². The van der Waals surface area contributed by atoms with Crippen molar-refractivity contribution < 1.29 is 56.1 Å². The topological polar surface area (TPSA) is 12.5 Å². The van der Waals surface area contributed by atoms with E-state index in [1.165, 1.54) is 0 Å². The van der Waals surface area contributed by atoms with E-state index in [1.807, 2.05) is 0 Å². The van der Waals surface area contributed by atoms with Crippen LogP contribution in [-0.2, 0) is 4.74 Å². The van der Waals surface area contributed by atoms with Gasteiger partial charge in [-0.1, -0.05) is 0 Å². The van der Waals surface area contributed by atoms with Crippen LogP contribution in [0.15, 0.2) is 0 Å². The van der Waals surface area contributed by atoms with Gasteiger partial charge < -0.3 is 19.1 Å². The third-order valence-corrected chi connectivity index (χ3v) is 2.27. The van der Waals surface area contributed by atoms with Gasteiger partial charge in [0.15, 0.2) is 0 Å². The first-order valence-corrected chi connectivity index (χ1v) is 4.38. The summed E-state index contributed by atoms with van der Waals surface area (Å²) in [5.41, 5.74) is 0. The normalized spacial score (nSPS) is 28.8. The van der Waals surface area contributed by atoms with Gasteiger partial charge in [0.1, 0.15) is 0 Å². The molecule has 0 saturated carbocycles. The number of hydrogen-bond donors (Lipinski definition) is 0. The molecular formula is C10H21KNO-. The Labute approximate surface area is 126 Å². The van der Waals surface area contributed by atoms with Crippen molar-refractivity contribution in [3.63, 3.8) is 0 Å². The Balaban J connectivity index is 0. The number of morpholine rings is 1. The van der Waals surface area contributed by atoms with Crippen LogP contribution in [0, 0.1) is 14.4 Å². The first-order valence-electron chi connectivity index (χ1n) is 4.38. The van der Waals surface area contributed by atoms with E-state index in [1.54, 1.807) is 0 Å². The molecule has 0 bridgehead atoms. The minimum Gasteiger partial charge on any atom is -0.378 e. The molecule has 0 spiro atoms. The molecule has 0 aromatic rings. The van der Waals surface area contributed by atoms with Crippen molar-refractivity contribution in [2.24, 2.45) is 0 Å². The maximum atomic E-state index is 5.41. The average Bonchev–Trinajstić information content (AvgIpc) is 1.97. The van der Waals surface area contributed by atoms with Gasteiger partial charge in [0, 0.05) is 12.1 Å². The van der Waals surface area contributed by atoms with Crippen LogP contribution in [0.4, 0.5) is 0 Å². The summed E-state index contributed by atoms with van der Waals surface area (Å²) in [6.07, 6.45) is 0.995. The van der Waals surface area contributed by atoms with Gasteiger partial charge in [0.2, 0.25) is 0 Å². The predicted molar refractivity (Wildman–Crippen MR) is 52.8 cm³/mol. The van der Waals surface area contributed by atoms with Crippen LogP contribution >= 0.6 is 0 Å². The van der Waals surface area contributed by atoms with Crippen molar-refractivity contribution in [2.75, 3.05) is 19.8 Å². The van der Waals surface area contributed by atoms with Crippen molar-refractivity contribution in [2.45, 2.75) is 32.4 Å². The van der Waals surface area contributed by atoms with E-state index in [9.17, 15) is 0 Å². The second kappa shape index (κ2) is 8.83. The molecule has 1 saturated heterocycles. The Kier molecular flexibility index (Phi) is 11.5. The molecule has 1 rings (SSSR count). The summed E-state index contributed by atoms with van der Waals surface area (Å²) in [6, 6.07) is 1.14. The van der Waals surface area contributed by atoms with Crippen molar-refractivity contribution in [3.05, 3.63) is 14.4 Å². The van der Waals surface area contributed by atoms with Crippen molar-refractivity contribution >= 4 is 0 Å². The minimum absolute atomic E-state index is 0. The minimum atomic E-state index is 0. The van der Waals surface area contributed by atoms with Crippen LogP contribution < -0.4 is 51.4 Å². The summed E-state index contributed by atoms with van der Waals surface area (Å²) in [6.45, 7) is 11.2. The van der Waals surface area contributed by atoms with Gasteiger partial charge in [-0.3, -0.25) is 4.90 Å². The zero-order valence-electron chi connectivity index (χ0n) is 9.55. The zero-order valence-corrected chi connectivity index (χ0v) is 12.7. The average molecular weight is 210 g/mol. The van der Waals surface area contributed by atoms with Crippen LogP contribution in [-0.4, -0.2) is 36.7 Å². The fourth-order valence-corrected chi connectivity index (χ4v) is 1.66. The fraction of sp³-hybridized carbons (Fsp3) is 0.800. The zero-order chi connectivity index (χ0) is 8.27. The summed E-state index contributed by atoms with van der Waals surface area (Å²) in [5.74, 6) is 0. The maximum Gasteiger partial charge on any atom is 1.00 e. The van der Waals surface area contributed by atoms with Crippen LogP contribution in [0.5, 0.6) is 0 Å². The number of hydrogen-bond acceptors (Lipinski definition) is 2. The van der Waals surface area contributed by atoms with Crippen molar-refractivity contribution in [3.8, 4) is 0 Å². The number of rotatable bonds is 2. The molecule has 2 atom stereocenters. The van der Waals surface area contributed by atoms with Gasteiger partial charge in [0.25, 0.3) is 0 Å². The molecule has 1 aliphatic rings. The van der Waals surface area contributed by atoms with Crippen LogP contribution in [0.25, 0.3) is 0 Å². The smallest absolute Gasteiger partial charge is 0.378 e. The van der Waals surface area contributed by atoms with E-state index in [2.05, 4.69) is 25.7 Å². The molecular weight excluding hydrogens is 189 g/mol. The predicted octanol–water partition coefficient (Wildman–Crippen LogP) is -1.23. The fourth-order valence-electron chi connectivity index (χ4n) is 1.66. The molecule has 1 heterocycles. The molecule has 0 aromatic heterocycles. The summed E-state index contributed by atoms with van der Waals surface area (Å²) < 4.78 is 5.41. The molecule has 0 N–H and O–H groups in total. The van der Waals surface area contributed by atoms with E-state index < -0.39 is 0 Å². The summed E-state index contributed by atoms with van der Waals surface area (Å²) >= 11 is 0. The Morgan fingerprint density at radius 1 is 1.31 bits per heavy atom. The Bertz CT molecular complexity index is 111. The molecule has 0 aromatic carbocycles. The number of ether oxygens (including phenoxy) is 1. The maximum absolute atomic E-state index is 5.41. The first-order chi connectivity index (χ1) is 5.25. The second-order valence-electron chi connectivity index (χ2n) is 3.33. The Morgan fingerprint density at radius 2 is 1.77 bits per heavy atom. The molecule has 2 nitrogen and oxygen atoms in total. The Hall–Kier alpha value is 1.56. The third kappa shape index (κ3) is 5.26. The van der Waals surface area contributed by atoms with E-state index in [4.69, 9.17) is 4.74 Å². The summed E-state index contributed by atoms with van der Waals surface area (Å²) in [4.78, 5) is 2.47. The molecule has 3 heteroatoms. The van der Waals surface area contributed by atoms with E-state index in [0.717, 1.165) is 26.2 Å². The van der Waals surface area contributed by atoms with Gasteiger partial charge >= 0.3 is 51.4 Å².